The number of para-hydroxylation sites is 1. The minimum Gasteiger partial charge on any atom is -0.476 e. The first-order chi connectivity index (χ1) is 38.5. The van der Waals surface area contributed by atoms with Crippen molar-refractivity contribution in [3.8, 4) is 11.1 Å². The molecule has 4 fully saturated rings. The molecule has 21 heteroatoms. The number of hydrogen-bond acceptors (Lipinski definition) is 15. The Labute approximate surface area is 478 Å². The van der Waals surface area contributed by atoms with Crippen molar-refractivity contribution in [1.82, 2.24) is 30.0 Å². The predicted octanol–water partition coefficient (Wildman–Crippen LogP) is 9.41. The molecule has 0 saturated heterocycles. The predicted molar refractivity (Wildman–Crippen MR) is 314 cm³/mol. The zero-order valence-electron chi connectivity index (χ0n) is 47.2. The van der Waals surface area contributed by atoms with Crippen molar-refractivity contribution in [3.63, 3.8) is 0 Å². The van der Waals surface area contributed by atoms with Crippen molar-refractivity contribution in [2.24, 2.45) is 27.9 Å². The van der Waals surface area contributed by atoms with Gasteiger partial charge in [-0.1, -0.05) is 75.4 Å². The second kappa shape index (κ2) is 23.0. The second-order valence-electron chi connectivity index (χ2n) is 24.6. The number of carbonyl (C=O) groups is 3. The zero-order chi connectivity index (χ0) is 57.5. The van der Waals surface area contributed by atoms with E-state index in [-0.39, 0.29) is 66.2 Å². The molecule has 4 heterocycles. The van der Waals surface area contributed by atoms with Crippen LogP contribution in [0.3, 0.4) is 0 Å². The van der Waals surface area contributed by atoms with Crippen LogP contribution in [-0.4, -0.2) is 123 Å². The standard InChI is InChI=1S/C60H76N10O9S2/c1-38(2)48(61)28-62-39(3)26-63-43-16-14-41(15-17-43)30-78-56(74)68(23-25-81(75,76)77)22-24-79-60-34-57(5)31-58(6,35-60)33-59(32-57,36-60)37-70-40(4)46(27-64-70)44-18-19-51(66-52(44)54(72)73)69-21-20-42-10-9-11-45(47(42)29-69)53(71)67-55-65-49-12-7-8-13-50(49)80-55/h7-19,27,38-39,48,62-63H,20-26,28-37,61H2,1-6H3,(H,72,73)(H,65,67,71)(H,75,76,77)/t39-,48+,57?,58?,59?,60?/m0/s1. The first kappa shape index (κ1) is 57.7. The minimum atomic E-state index is -4.38. The second-order valence-corrected chi connectivity index (χ2v) is 27.2. The first-order valence-electron chi connectivity index (χ1n) is 28.1. The molecule has 2 unspecified atom stereocenters. The SMILES string of the molecule is Cc1c(-c2ccc(N3CCc4cccc(C(=O)Nc5nc6ccccc6s5)c4C3)nc2C(=O)O)cnn1CC12CC3(C)CC(C)(C1)CC(OCCN(CCS(=O)(=O)O)C(=O)OCc1ccc(NC[C@H](C)NC[C@@H](N)C(C)C)cc1)(C3)C2. The van der Waals surface area contributed by atoms with Crippen LogP contribution in [0.2, 0.25) is 0 Å². The smallest absolute Gasteiger partial charge is 0.410 e. The Bertz CT molecular complexity index is 3370. The Morgan fingerprint density at radius 1 is 0.889 bits per heavy atom. The Morgan fingerprint density at radius 2 is 1.64 bits per heavy atom. The molecule has 6 aromatic rings. The first-order valence-corrected chi connectivity index (χ1v) is 30.5. The molecule has 5 aliphatic rings. The number of benzene rings is 3. The molecule has 3 aromatic carbocycles. The Morgan fingerprint density at radius 3 is 2.36 bits per heavy atom. The van der Waals surface area contributed by atoms with E-state index in [0.29, 0.717) is 66.2 Å². The molecule has 19 nitrogen and oxygen atoms in total. The molecular formula is C60H76N10O9S2. The lowest BCUT2D eigenvalue weighted by Gasteiger charge is -2.69. The minimum absolute atomic E-state index is 0.0321. The molecule has 0 radical (unpaired) electrons. The van der Waals surface area contributed by atoms with Gasteiger partial charge in [-0.25, -0.2) is 19.6 Å². The lowest BCUT2D eigenvalue weighted by molar-refractivity contribution is -0.248. The van der Waals surface area contributed by atoms with E-state index in [2.05, 4.69) is 55.6 Å². The van der Waals surface area contributed by atoms with Crippen molar-refractivity contribution in [3.05, 3.63) is 119 Å². The number of thiazole rings is 1. The molecular weight excluding hydrogens is 1070 g/mol. The Kier molecular flexibility index (Phi) is 16.4. The average molecular weight is 1150 g/mol. The number of carboxylic acid groups (broad SMARTS) is 1. The van der Waals surface area contributed by atoms with Crippen LogP contribution in [0, 0.1) is 29.1 Å². The van der Waals surface area contributed by atoms with E-state index in [1.54, 1.807) is 6.20 Å². The monoisotopic (exact) mass is 1140 g/mol. The van der Waals surface area contributed by atoms with Gasteiger partial charge in [-0.3, -0.25) is 19.3 Å². The molecule has 432 valence electrons. The van der Waals surface area contributed by atoms with Crippen LogP contribution >= 0.6 is 11.3 Å². The van der Waals surface area contributed by atoms with E-state index in [4.69, 9.17) is 25.3 Å². The van der Waals surface area contributed by atoms with Crippen molar-refractivity contribution >= 4 is 66.3 Å². The van der Waals surface area contributed by atoms with Gasteiger partial charge in [0.15, 0.2) is 10.8 Å². The maximum Gasteiger partial charge on any atom is 0.410 e. The Balaban J connectivity index is 0.791. The number of ether oxygens (including phenoxy) is 2. The molecule has 7 N–H and O–H groups in total. The van der Waals surface area contributed by atoms with E-state index in [1.165, 1.54) is 16.2 Å². The van der Waals surface area contributed by atoms with Gasteiger partial charge in [0.1, 0.15) is 12.4 Å². The van der Waals surface area contributed by atoms with Crippen molar-refractivity contribution in [1.29, 1.82) is 0 Å². The number of aromatic carboxylic acids is 1. The topological polar surface area (TPSA) is 256 Å². The van der Waals surface area contributed by atoms with Crippen LogP contribution in [0.1, 0.15) is 116 Å². The number of anilines is 3. The van der Waals surface area contributed by atoms with E-state index in [0.717, 1.165) is 83.4 Å². The van der Waals surface area contributed by atoms with Gasteiger partial charge < -0.3 is 40.7 Å². The average Bonchev–Trinajstić information content (AvgIpc) is 1.82. The molecule has 4 aliphatic carbocycles. The normalized spacial score (nSPS) is 22.9. The number of nitrogens with zero attached hydrogens (tertiary/aromatic N) is 6. The number of carbonyl (C=O) groups excluding carboxylic acids is 2. The number of aromatic nitrogens is 4. The molecule has 1 aliphatic heterocycles. The van der Waals surface area contributed by atoms with Crippen LogP contribution < -0.4 is 26.6 Å². The third-order valence-corrected chi connectivity index (χ3v) is 18.8. The number of nitrogens with one attached hydrogen (secondary N) is 3. The highest BCUT2D eigenvalue weighted by molar-refractivity contribution is 7.85. The van der Waals surface area contributed by atoms with E-state index < -0.39 is 33.5 Å². The van der Waals surface area contributed by atoms with Crippen LogP contribution in [0.15, 0.2) is 85.1 Å². The largest absolute Gasteiger partial charge is 0.476 e. The van der Waals surface area contributed by atoms with Gasteiger partial charge in [-0.05, 0) is 140 Å². The number of carboxylic acids is 1. The zero-order valence-corrected chi connectivity index (χ0v) is 48.8. The summed E-state index contributed by atoms with van der Waals surface area (Å²) in [7, 11) is -4.38. The fraction of sp³-hybridized carbons (Fsp3) is 0.500. The van der Waals surface area contributed by atoms with Gasteiger partial charge in [-0.2, -0.15) is 13.5 Å². The lowest BCUT2D eigenvalue weighted by atomic mass is 9.39. The number of pyridine rings is 1. The highest BCUT2D eigenvalue weighted by Gasteiger charge is 2.66. The summed E-state index contributed by atoms with van der Waals surface area (Å²) in [6.45, 7) is 15.8. The highest BCUT2D eigenvalue weighted by Crippen LogP contribution is 2.72. The molecule has 2 amide bonds. The summed E-state index contributed by atoms with van der Waals surface area (Å²) >= 11 is 1.42. The maximum absolute atomic E-state index is 13.8. The summed E-state index contributed by atoms with van der Waals surface area (Å²) in [5.74, 6) is -1.17. The lowest BCUT2D eigenvalue weighted by Crippen LogP contribution is -2.64. The number of fused-ring (bicyclic) bond motifs is 2. The summed E-state index contributed by atoms with van der Waals surface area (Å²) < 4.78 is 49.3. The maximum atomic E-state index is 13.8. The van der Waals surface area contributed by atoms with Gasteiger partial charge >= 0.3 is 12.1 Å². The summed E-state index contributed by atoms with van der Waals surface area (Å²) in [6.07, 6.45) is 7.08. The molecule has 11 rings (SSSR count). The summed E-state index contributed by atoms with van der Waals surface area (Å²) in [6, 6.07) is 25.0. The van der Waals surface area contributed by atoms with Crippen LogP contribution in [0.5, 0.6) is 0 Å². The number of hydrogen-bond donors (Lipinski definition) is 6. The third-order valence-electron chi connectivity index (χ3n) is 17.1. The van der Waals surface area contributed by atoms with E-state index >= 15 is 0 Å². The molecule has 0 spiro atoms. The molecule has 81 heavy (non-hydrogen) atoms. The highest BCUT2D eigenvalue weighted by atomic mass is 32.2. The molecule has 3 aromatic heterocycles. The number of rotatable bonds is 23. The van der Waals surface area contributed by atoms with Gasteiger partial charge in [0.25, 0.3) is 16.0 Å². The third kappa shape index (κ3) is 13.2. The summed E-state index contributed by atoms with van der Waals surface area (Å²) in [5.41, 5.74) is 12.2. The van der Waals surface area contributed by atoms with Crippen LogP contribution in [-0.2, 0) is 45.7 Å². The fourth-order valence-electron chi connectivity index (χ4n) is 14.2. The fourth-order valence-corrected chi connectivity index (χ4v) is 15.5. The van der Waals surface area contributed by atoms with Crippen LogP contribution in [0.4, 0.5) is 21.4 Å². The molecule has 4 atom stereocenters. The quantitative estimate of drug-likeness (QED) is 0.0327. The van der Waals surface area contributed by atoms with Crippen LogP contribution in [0.25, 0.3) is 21.3 Å². The molecule has 4 bridgehead atoms. The Hall–Kier alpha value is -6.49. The number of nitrogens with two attached hydrogens (primary N) is 1. The van der Waals surface area contributed by atoms with Gasteiger partial charge in [0.2, 0.25) is 0 Å². The number of amides is 2. The van der Waals surface area contributed by atoms with Crippen molar-refractivity contribution < 1.29 is 41.9 Å². The van der Waals surface area contributed by atoms with E-state index in [1.807, 2.05) is 95.4 Å². The molecule has 4 saturated carbocycles. The summed E-state index contributed by atoms with van der Waals surface area (Å²) in [5, 5.41) is 26.0. The van der Waals surface area contributed by atoms with Gasteiger partial charge in [-0.15, -0.1) is 0 Å². The van der Waals surface area contributed by atoms with Gasteiger partial charge in [0, 0.05) is 86.0 Å². The van der Waals surface area contributed by atoms with Crippen molar-refractivity contribution in [2.75, 3.05) is 60.6 Å². The summed E-state index contributed by atoms with van der Waals surface area (Å²) in [4.78, 5) is 53.2. The van der Waals surface area contributed by atoms with Gasteiger partial charge in [0.05, 0.1) is 34.4 Å². The van der Waals surface area contributed by atoms with E-state index in [9.17, 15) is 32.5 Å². The van der Waals surface area contributed by atoms with Crippen molar-refractivity contribution in [2.45, 2.75) is 124 Å².